The molecule has 2 heterocycles. The second-order valence-electron chi connectivity index (χ2n) is 5.55. The molecule has 1 aliphatic heterocycles. The first-order valence-electron chi connectivity index (χ1n) is 7.74. The highest BCUT2D eigenvalue weighted by Crippen LogP contribution is 2.21. The normalized spacial score (nSPS) is 18.2. The van der Waals surface area contributed by atoms with E-state index in [1.165, 1.54) is 0 Å². The summed E-state index contributed by atoms with van der Waals surface area (Å²) >= 11 is 0. The van der Waals surface area contributed by atoms with Crippen LogP contribution in [0, 0.1) is 0 Å². The summed E-state index contributed by atoms with van der Waals surface area (Å²) in [6.07, 6.45) is 5.00. The minimum atomic E-state index is -0.984. The second kappa shape index (κ2) is 7.85. The zero-order chi connectivity index (χ0) is 16.8. The van der Waals surface area contributed by atoms with Gasteiger partial charge in [0.15, 0.2) is 6.61 Å². The van der Waals surface area contributed by atoms with Crippen LogP contribution in [0.4, 0.5) is 0 Å². The van der Waals surface area contributed by atoms with Crippen molar-refractivity contribution in [1.82, 2.24) is 14.9 Å². The molecular formula is C17H19N3O4. The van der Waals surface area contributed by atoms with Gasteiger partial charge in [-0.15, -0.1) is 0 Å². The zero-order valence-electron chi connectivity index (χ0n) is 13.2. The average molecular weight is 329 g/mol. The van der Waals surface area contributed by atoms with E-state index < -0.39 is 5.97 Å². The van der Waals surface area contributed by atoms with Crippen molar-refractivity contribution < 1.29 is 19.4 Å². The lowest BCUT2D eigenvalue weighted by Crippen LogP contribution is -2.38. The molecule has 1 aromatic carbocycles. The quantitative estimate of drug-likeness (QED) is 0.860. The molecule has 0 saturated carbocycles. The molecule has 3 rings (SSSR count). The van der Waals surface area contributed by atoms with Crippen molar-refractivity contribution in [2.75, 3.05) is 26.3 Å². The van der Waals surface area contributed by atoms with E-state index in [1.807, 2.05) is 12.1 Å². The van der Waals surface area contributed by atoms with Crippen LogP contribution in [0.2, 0.25) is 0 Å². The highest BCUT2D eigenvalue weighted by atomic mass is 16.5. The Kier molecular flexibility index (Phi) is 5.35. The molecule has 126 valence electrons. The van der Waals surface area contributed by atoms with Crippen LogP contribution in [-0.2, 0) is 16.1 Å². The molecule has 1 fully saturated rings. The van der Waals surface area contributed by atoms with Gasteiger partial charge in [-0.3, -0.25) is 14.9 Å². The van der Waals surface area contributed by atoms with Gasteiger partial charge in [0, 0.05) is 32.0 Å². The first kappa shape index (κ1) is 16.4. The van der Waals surface area contributed by atoms with Crippen molar-refractivity contribution in [1.29, 1.82) is 0 Å². The third-order valence-corrected chi connectivity index (χ3v) is 3.76. The summed E-state index contributed by atoms with van der Waals surface area (Å²) < 4.78 is 10.9. The van der Waals surface area contributed by atoms with E-state index in [0.717, 1.165) is 30.9 Å². The Labute approximate surface area is 139 Å². The van der Waals surface area contributed by atoms with Crippen molar-refractivity contribution in [2.45, 2.75) is 12.6 Å². The number of hydrogen-bond donors (Lipinski definition) is 1. The molecule has 0 amide bonds. The maximum Gasteiger partial charge on any atom is 0.341 e. The fourth-order valence-electron chi connectivity index (χ4n) is 2.60. The molecule has 7 heteroatoms. The Bertz CT molecular complexity index is 663. The summed E-state index contributed by atoms with van der Waals surface area (Å²) in [5.74, 6) is -0.428. The number of morpholine rings is 1. The van der Waals surface area contributed by atoms with Gasteiger partial charge in [0.05, 0.1) is 18.5 Å². The van der Waals surface area contributed by atoms with Crippen LogP contribution in [0.3, 0.4) is 0 Å². The van der Waals surface area contributed by atoms with E-state index in [-0.39, 0.29) is 12.7 Å². The first-order chi connectivity index (χ1) is 11.7. The van der Waals surface area contributed by atoms with Gasteiger partial charge in [-0.2, -0.15) is 0 Å². The predicted molar refractivity (Wildman–Crippen MR) is 85.6 cm³/mol. The van der Waals surface area contributed by atoms with E-state index in [9.17, 15) is 4.79 Å². The van der Waals surface area contributed by atoms with Gasteiger partial charge >= 0.3 is 5.97 Å². The SMILES string of the molecule is O=C(O)COc1ccc(CN2CCO[C@@H](c3cnccn3)C2)cc1. The summed E-state index contributed by atoms with van der Waals surface area (Å²) in [7, 11) is 0. The summed E-state index contributed by atoms with van der Waals surface area (Å²) in [6, 6.07) is 7.48. The maximum atomic E-state index is 10.5. The summed E-state index contributed by atoms with van der Waals surface area (Å²) in [4.78, 5) is 21.2. The van der Waals surface area contributed by atoms with E-state index >= 15 is 0 Å². The highest BCUT2D eigenvalue weighted by Gasteiger charge is 2.23. The van der Waals surface area contributed by atoms with E-state index in [0.29, 0.717) is 12.4 Å². The Morgan fingerprint density at radius 3 is 2.88 bits per heavy atom. The van der Waals surface area contributed by atoms with Crippen molar-refractivity contribution in [2.24, 2.45) is 0 Å². The molecular weight excluding hydrogens is 310 g/mol. The Hall–Kier alpha value is -2.51. The lowest BCUT2D eigenvalue weighted by molar-refractivity contribution is -0.139. The van der Waals surface area contributed by atoms with Crippen LogP contribution in [0.15, 0.2) is 42.9 Å². The molecule has 1 aliphatic rings. The number of nitrogens with zero attached hydrogens (tertiary/aromatic N) is 3. The van der Waals surface area contributed by atoms with Crippen LogP contribution < -0.4 is 4.74 Å². The van der Waals surface area contributed by atoms with Gasteiger partial charge < -0.3 is 14.6 Å². The molecule has 7 nitrogen and oxygen atoms in total. The minimum absolute atomic E-state index is 0.0642. The summed E-state index contributed by atoms with van der Waals surface area (Å²) in [6.45, 7) is 2.73. The van der Waals surface area contributed by atoms with Crippen LogP contribution >= 0.6 is 0 Å². The van der Waals surface area contributed by atoms with E-state index in [4.69, 9.17) is 14.6 Å². The van der Waals surface area contributed by atoms with Crippen molar-refractivity contribution in [3.05, 3.63) is 54.1 Å². The molecule has 0 bridgehead atoms. The van der Waals surface area contributed by atoms with Gasteiger partial charge in [0.1, 0.15) is 11.9 Å². The average Bonchev–Trinajstić information content (AvgIpc) is 2.62. The monoisotopic (exact) mass is 329 g/mol. The van der Waals surface area contributed by atoms with Gasteiger partial charge in [-0.25, -0.2) is 4.79 Å². The maximum absolute atomic E-state index is 10.5. The molecule has 0 spiro atoms. The summed E-state index contributed by atoms with van der Waals surface area (Å²) in [5, 5.41) is 8.61. The molecule has 0 radical (unpaired) electrons. The topological polar surface area (TPSA) is 84.8 Å². The predicted octanol–water partition coefficient (Wildman–Crippen LogP) is 1.51. The summed E-state index contributed by atoms with van der Waals surface area (Å²) in [5.41, 5.74) is 1.98. The number of aliphatic carboxylic acids is 1. The molecule has 24 heavy (non-hydrogen) atoms. The molecule has 1 atom stereocenters. The van der Waals surface area contributed by atoms with Crippen molar-refractivity contribution >= 4 is 5.97 Å². The standard InChI is InChI=1S/C17H19N3O4/c21-17(22)12-24-14-3-1-13(2-4-14)10-20-7-8-23-16(11-20)15-9-18-5-6-19-15/h1-6,9,16H,7-8,10-12H2,(H,21,22)/t16-/m1/s1. The van der Waals surface area contributed by atoms with Crippen LogP contribution in [0.5, 0.6) is 5.75 Å². The lowest BCUT2D eigenvalue weighted by atomic mass is 10.1. The smallest absolute Gasteiger partial charge is 0.341 e. The number of carbonyl (C=O) groups is 1. The Morgan fingerprint density at radius 2 is 2.17 bits per heavy atom. The highest BCUT2D eigenvalue weighted by molar-refractivity contribution is 5.68. The minimum Gasteiger partial charge on any atom is -0.482 e. The van der Waals surface area contributed by atoms with Crippen LogP contribution in [0.1, 0.15) is 17.4 Å². The number of ether oxygens (including phenoxy) is 2. The number of rotatable bonds is 6. The second-order valence-corrected chi connectivity index (χ2v) is 5.55. The van der Waals surface area contributed by atoms with Crippen LogP contribution in [0.25, 0.3) is 0 Å². The van der Waals surface area contributed by atoms with Gasteiger partial charge in [-0.1, -0.05) is 12.1 Å². The molecule has 1 N–H and O–H groups in total. The fraction of sp³-hybridized carbons (Fsp3) is 0.353. The number of aromatic nitrogens is 2. The molecule has 2 aromatic rings. The third kappa shape index (κ3) is 4.50. The Balaban J connectivity index is 1.56. The number of hydrogen-bond acceptors (Lipinski definition) is 6. The molecule has 1 aromatic heterocycles. The van der Waals surface area contributed by atoms with E-state index in [1.54, 1.807) is 30.7 Å². The molecule has 0 aliphatic carbocycles. The fourth-order valence-corrected chi connectivity index (χ4v) is 2.60. The largest absolute Gasteiger partial charge is 0.482 e. The first-order valence-corrected chi connectivity index (χ1v) is 7.74. The van der Waals surface area contributed by atoms with Gasteiger partial charge in [-0.05, 0) is 17.7 Å². The van der Waals surface area contributed by atoms with Crippen molar-refractivity contribution in [3.8, 4) is 5.75 Å². The third-order valence-electron chi connectivity index (χ3n) is 3.76. The van der Waals surface area contributed by atoms with Gasteiger partial charge in [0.25, 0.3) is 0 Å². The van der Waals surface area contributed by atoms with Gasteiger partial charge in [0.2, 0.25) is 0 Å². The number of carboxylic acid groups (broad SMARTS) is 1. The van der Waals surface area contributed by atoms with Crippen molar-refractivity contribution in [3.63, 3.8) is 0 Å². The zero-order valence-corrected chi connectivity index (χ0v) is 13.2. The number of carboxylic acids is 1. The number of benzene rings is 1. The lowest BCUT2D eigenvalue weighted by Gasteiger charge is -2.32. The van der Waals surface area contributed by atoms with E-state index in [2.05, 4.69) is 14.9 Å². The molecule has 0 unspecified atom stereocenters. The Morgan fingerprint density at radius 1 is 1.33 bits per heavy atom. The molecule has 1 saturated heterocycles. The van der Waals surface area contributed by atoms with Crippen LogP contribution in [-0.4, -0.2) is 52.2 Å².